The van der Waals surface area contributed by atoms with Crippen LogP contribution < -0.4 is 0 Å². The third-order valence-electron chi connectivity index (χ3n) is 3.77. The number of halogens is 3. The Hall–Kier alpha value is -1.07. The molecule has 5 heteroatoms. The van der Waals surface area contributed by atoms with Gasteiger partial charge in [0.1, 0.15) is 5.82 Å². The van der Waals surface area contributed by atoms with E-state index < -0.39 is 12.2 Å². The zero-order valence-corrected chi connectivity index (χ0v) is 10.8. The Morgan fingerprint density at radius 2 is 1.89 bits per heavy atom. The van der Waals surface area contributed by atoms with Crippen LogP contribution in [0.3, 0.4) is 0 Å². The Kier molecular flexibility index (Phi) is 4.47. The van der Waals surface area contributed by atoms with Gasteiger partial charge in [-0.2, -0.15) is 0 Å². The smallest absolute Gasteiger partial charge is 0.263 e. The van der Waals surface area contributed by atoms with Crippen molar-refractivity contribution in [1.82, 2.24) is 4.90 Å². The predicted octanol–water partition coefficient (Wildman–Crippen LogP) is 3.28. The molecule has 1 aliphatic heterocycles. The van der Waals surface area contributed by atoms with Gasteiger partial charge >= 0.3 is 0 Å². The number of aliphatic hydroxyl groups excluding tert-OH is 1. The maximum Gasteiger partial charge on any atom is 0.263 e. The highest BCUT2D eigenvalue weighted by Gasteiger charge is 2.24. The van der Waals surface area contributed by atoms with Crippen molar-refractivity contribution < 1.29 is 18.3 Å². The van der Waals surface area contributed by atoms with Gasteiger partial charge < -0.3 is 5.11 Å². The summed E-state index contributed by atoms with van der Waals surface area (Å²) >= 11 is 0. The third-order valence-corrected chi connectivity index (χ3v) is 3.77. The number of piperidine rings is 1. The minimum Gasteiger partial charge on any atom is -0.393 e. The molecule has 0 spiro atoms. The van der Waals surface area contributed by atoms with E-state index in [0.717, 1.165) is 12.1 Å². The van der Waals surface area contributed by atoms with Crippen molar-refractivity contribution in [2.45, 2.75) is 38.3 Å². The first-order valence-corrected chi connectivity index (χ1v) is 6.48. The molecule has 2 nitrogen and oxygen atoms in total. The number of nitrogens with zero attached hydrogens (tertiary/aromatic N) is 1. The van der Waals surface area contributed by atoms with Crippen molar-refractivity contribution in [3.63, 3.8) is 0 Å². The molecule has 0 radical (unpaired) electrons. The van der Waals surface area contributed by atoms with Crippen molar-refractivity contribution in [3.8, 4) is 0 Å². The van der Waals surface area contributed by atoms with Crippen LogP contribution in [0.4, 0.5) is 13.2 Å². The number of likely N-dealkylation sites (tertiary alicyclic amines) is 1. The fourth-order valence-corrected chi connectivity index (χ4v) is 2.49. The second-order valence-corrected chi connectivity index (χ2v) is 5.02. The highest BCUT2D eigenvalue weighted by Crippen LogP contribution is 2.29. The number of hydrogen-bond acceptors (Lipinski definition) is 2. The first-order chi connectivity index (χ1) is 8.99. The van der Waals surface area contributed by atoms with Gasteiger partial charge in [0.15, 0.2) is 0 Å². The molecule has 2 rings (SSSR count). The molecule has 0 bridgehead atoms. The number of hydrogen-bond donors (Lipinski definition) is 1. The summed E-state index contributed by atoms with van der Waals surface area (Å²) in [7, 11) is 0. The van der Waals surface area contributed by atoms with Crippen molar-refractivity contribution >= 4 is 0 Å². The van der Waals surface area contributed by atoms with Crippen LogP contribution in [-0.2, 0) is 0 Å². The average Bonchev–Trinajstić information content (AvgIpc) is 2.39. The second-order valence-electron chi connectivity index (χ2n) is 5.02. The number of rotatable bonds is 3. The van der Waals surface area contributed by atoms with Crippen LogP contribution in [0.15, 0.2) is 18.2 Å². The van der Waals surface area contributed by atoms with Crippen LogP contribution >= 0.6 is 0 Å². The van der Waals surface area contributed by atoms with Crippen LogP contribution in [0.2, 0.25) is 0 Å². The van der Waals surface area contributed by atoms with Gasteiger partial charge in [-0.05, 0) is 31.9 Å². The molecule has 106 valence electrons. The van der Waals surface area contributed by atoms with Crippen LogP contribution in [0.5, 0.6) is 0 Å². The van der Waals surface area contributed by atoms with Crippen LogP contribution in [0.25, 0.3) is 0 Å². The zero-order chi connectivity index (χ0) is 14.0. The lowest BCUT2D eigenvalue weighted by Crippen LogP contribution is -2.37. The number of aliphatic hydroxyl groups is 1. The predicted molar refractivity (Wildman–Crippen MR) is 66.6 cm³/mol. The lowest BCUT2D eigenvalue weighted by Gasteiger charge is -2.34. The van der Waals surface area contributed by atoms with Crippen molar-refractivity contribution in [2.24, 2.45) is 0 Å². The van der Waals surface area contributed by atoms with E-state index in [1.54, 1.807) is 0 Å². The first-order valence-electron chi connectivity index (χ1n) is 6.48. The standard InChI is InChI=1S/C14H18F3NO/c1-9(18-6-4-11(19)5-7-18)12-8-10(14(16)17)2-3-13(12)15/h2-3,8-9,11,14,19H,4-7H2,1H3/t9-/m1/s1. The molecule has 1 atom stereocenters. The quantitative estimate of drug-likeness (QED) is 0.913. The molecule has 1 aliphatic rings. The van der Waals surface area contributed by atoms with Crippen molar-refractivity contribution in [2.75, 3.05) is 13.1 Å². The average molecular weight is 273 g/mol. The summed E-state index contributed by atoms with van der Waals surface area (Å²) in [6.07, 6.45) is -1.61. The number of benzene rings is 1. The second kappa shape index (κ2) is 5.92. The molecule has 1 heterocycles. The lowest BCUT2D eigenvalue weighted by atomic mass is 10.00. The van der Waals surface area contributed by atoms with Gasteiger partial charge in [0.05, 0.1) is 6.10 Å². The fourth-order valence-electron chi connectivity index (χ4n) is 2.49. The van der Waals surface area contributed by atoms with Crippen LogP contribution in [0.1, 0.15) is 43.4 Å². The molecule has 0 saturated carbocycles. The van der Waals surface area contributed by atoms with E-state index in [4.69, 9.17) is 0 Å². The summed E-state index contributed by atoms with van der Waals surface area (Å²) in [6.45, 7) is 3.12. The van der Waals surface area contributed by atoms with E-state index in [0.29, 0.717) is 31.5 Å². The van der Waals surface area contributed by atoms with Crippen LogP contribution in [0, 0.1) is 5.82 Å². The van der Waals surface area contributed by atoms with Crippen LogP contribution in [-0.4, -0.2) is 29.2 Å². The van der Waals surface area contributed by atoms with Crippen molar-refractivity contribution in [3.05, 3.63) is 35.1 Å². The van der Waals surface area contributed by atoms with E-state index in [1.165, 1.54) is 6.07 Å². The highest BCUT2D eigenvalue weighted by atomic mass is 19.3. The maximum atomic E-state index is 13.8. The number of alkyl halides is 2. The van der Waals surface area contributed by atoms with E-state index in [9.17, 15) is 18.3 Å². The van der Waals surface area contributed by atoms with Gasteiger partial charge in [0.25, 0.3) is 6.43 Å². The first kappa shape index (κ1) is 14.3. The Morgan fingerprint density at radius 3 is 2.47 bits per heavy atom. The van der Waals surface area contributed by atoms with Gasteiger partial charge in [-0.15, -0.1) is 0 Å². The summed E-state index contributed by atoms with van der Waals surface area (Å²) in [6, 6.07) is 3.21. The molecule has 1 aromatic rings. The molecule has 0 amide bonds. The lowest BCUT2D eigenvalue weighted by molar-refractivity contribution is 0.0636. The van der Waals surface area contributed by atoms with Gasteiger partial charge in [0, 0.05) is 30.3 Å². The van der Waals surface area contributed by atoms with Gasteiger partial charge in [-0.1, -0.05) is 6.07 Å². The third kappa shape index (κ3) is 3.28. The van der Waals surface area contributed by atoms with Gasteiger partial charge in [-0.3, -0.25) is 4.90 Å². The topological polar surface area (TPSA) is 23.5 Å². The minimum absolute atomic E-state index is 0.153. The van der Waals surface area contributed by atoms with E-state index in [1.807, 2.05) is 11.8 Å². The molecule has 1 aromatic carbocycles. The van der Waals surface area contributed by atoms with E-state index in [2.05, 4.69) is 0 Å². The molecule has 0 unspecified atom stereocenters. The molecule has 1 saturated heterocycles. The molecule has 19 heavy (non-hydrogen) atoms. The van der Waals surface area contributed by atoms with Gasteiger partial charge in [-0.25, -0.2) is 13.2 Å². The van der Waals surface area contributed by atoms with E-state index in [-0.39, 0.29) is 17.7 Å². The Morgan fingerprint density at radius 1 is 1.26 bits per heavy atom. The molecular formula is C14H18F3NO. The summed E-state index contributed by atoms with van der Waals surface area (Å²) in [5.41, 5.74) is 0.148. The van der Waals surface area contributed by atoms with E-state index >= 15 is 0 Å². The van der Waals surface area contributed by atoms with Gasteiger partial charge in [0.2, 0.25) is 0 Å². The fraction of sp³-hybridized carbons (Fsp3) is 0.571. The highest BCUT2D eigenvalue weighted by molar-refractivity contribution is 5.28. The molecule has 0 aliphatic carbocycles. The SMILES string of the molecule is C[C@H](c1cc(C(F)F)ccc1F)N1CCC(O)CC1. The summed E-state index contributed by atoms with van der Waals surface area (Å²) in [4.78, 5) is 2.01. The largest absolute Gasteiger partial charge is 0.393 e. The zero-order valence-electron chi connectivity index (χ0n) is 10.8. The molecule has 0 aromatic heterocycles. The van der Waals surface area contributed by atoms with Crippen molar-refractivity contribution in [1.29, 1.82) is 0 Å². The minimum atomic E-state index is -2.59. The summed E-state index contributed by atoms with van der Waals surface area (Å²) in [5.74, 6) is -0.456. The summed E-state index contributed by atoms with van der Waals surface area (Å²) in [5, 5.41) is 9.45. The molecule has 1 fully saturated rings. The monoisotopic (exact) mass is 273 g/mol. The Balaban J connectivity index is 2.18. The molecular weight excluding hydrogens is 255 g/mol. The Labute approximate surface area is 110 Å². The normalized spacial score (nSPS) is 19.9. The Bertz CT molecular complexity index is 431. The molecule has 1 N–H and O–H groups in total. The summed E-state index contributed by atoms with van der Waals surface area (Å²) < 4.78 is 39.1. The maximum absolute atomic E-state index is 13.8.